The van der Waals surface area contributed by atoms with Crippen molar-refractivity contribution in [3.63, 3.8) is 0 Å². The highest BCUT2D eigenvalue weighted by Gasteiger charge is 2.10. The van der Waals surface area contributed by atoms with Crippen molar-refractivity contribution in [2.75, 3.05) is 0 Å². The van der Waals surface area contributed by atoms with E-state index in [1.165, 1.54) is 5.56 Å². The number of aryl methyl sites for hydroxylation is 2. The summed E-state index contributed by atoms with van der Waals surface area (Å²) in [5.41, 5.74) is 9.30. The molecule has 0 saturated carbocycles. The third-order valence-corrected chi connectivity index (χ3v) is 3.37. The van der Waals surface area contributed by atoms with E-state index in [1.807, 2.05) is 31.4 Å². The van der Waals surface area contributed by atoms with Gasteiger partial charge in [0, 0.05) is 23.7 Å². The van der Waals surface area contributed by atoms with E-state index >= 15 is 0 Å². The second kappa shape index (κ2) is 4.72. The van der Waals surface area contributed by atoms with Crippen LogP contribution in [0.25, 0.3) is 0 Å². The fraction of sp³-hybridized carbons (Fsp3) is 0.333. The molecule has 0 radical (unpaired) electrons. The van der Waals surface area contributed by atoms with E-state index in [1.54, 1.807) is 17.5 Å². The Hall–Kier alpha value is -1.26. The lowest BCUT2D eigenvalue weighted by atomic mass is 10.1. The molecule has 84 valence electrons. The van der Waals surface area contributed by atoms with Gasteiger partial charge in [-0.1, -0.05) is 0 Å². The number of thiazole rings is 1. The van der Waals surface area contributed by atoms with E-state index in [0.717, 1.165) is 22.8 Å². The lowest BCUT2D eigenvalue weighted by Gasteiger charge is -2.09. The first-order valence-corrected chi connectivity index (χ1v) is 6.12. The van der Waals surface area contributed by atoms with Crippen molar-refractivity contribution >= 4 is 11.3 Å². The Labute approximate surface area is 99.4 Å². The van der Waals surface area contributed by atoms with Gasteiger partial charge in [0.25, 0.3) is 0 Å². The molecule has 0 bridgehead atoms. The van der Waals surface area contributed by atoms with Crippen LogP contribution in [0.4, 0.5) is 0 Å². The monoisotopic (exact) mass is 233 g/mol. The van der Waals surface area contributed by atoms with Crippen molar-refractivity contribution in [2.24, 2.45) is 5.73 Å². The van der Waals surface area contributed by atoms with Gasteiger partial charge >= 0.3 is 0 Å². The molecule has 16 heavy (non-hydrogen) atoms. The van der Waals surface area contributed by atoms with Crippen molar-refractivity contribution in [2.45, 2.75) is 26.3 Å². The van der Waals surface area contributed by atoms with Crippen LogP contribution >= 0.6 is 11.3 Å². The number of pyridine rings is 1. The Balaban J connectivity index is 2.11. The van der Waals surface area contributed by atoms with Crippen LogP contribution < -0.4 is 5.73 Å². The molecule has 2 heterocycles. The summed E-state index contributed by atoms with van der Waals surface area (Å²) in [5.74, 6) is 0. The Bertz CT molecular complexity index is 479. The summed E-state index contributed by atoms with van der Waals surface area (Å²) in [6.45, 7) is 4.04. The third kappa shape index (κ3) is 2.65. The molecule has 0 saturated heterocycles. The summed E-state index contributed by atoms with van der Waals surface area (Å²) in [7, 11) is 0. The second-order valence-electron chi connectivity index (χ2n) is 3.95. The van der Waals surface area contributed by atoms with E-state index < -0.39 is 0 Å². The van der Waals surface area contributed by atoms with E-state index in [0.29, 0.717) is 0 Å². The zero-order chi connectivity index (χ0) is 11.5. The average molecular weight is 233 g/mol. The highest BCUT2D eigenvalue weighted by molar-refractivity contribution is 7.09. The first-order chi connectivity index (χ1) is 7.65. The fourth-order valence-electron chi connectivity index (χ4n) is 1.55. The third-order valence-electron chi connectivity index (χ3n) is 2.38. The molecule has 0 aliphatic carbocycles. The van der Waals surface area contributed by atoms with Crippen LogP contribution in [0.15, 0.2) is 23.7 Å². The summed E-state index contributed by atoms with van der Waals surface area (Å²) in [4.78, 5) is 8.70. The molecule has 0 aromatic carbocycles. The van der Waals surface area contributed by atoms with Gasteiger partial charge in [0.1, 0.15) is 0 Å². The highest BCUT2D eigenvalue weighted by atomic mass is 32.1. The molecule has 0 amide bonds. The minimum absolute atomic E-state index is 0.0644. The zero-order valence-electron chi connectivity index (χ0n) is 9.47. The van der Waals surface area contributed by atoms with E-state index in [2.05, 4.69) is 9.97 Å². The molecule has 0 aliphatic rings. The van der Waals surface area contributed by atoms with Crippen molar-refractivity contribution in [3.05, 3.63) is 45.7 Å². The van der Waals surface area contributed by atoms with Crippen LogP contribution in [-0.4, -0.2) is 9.97 Å². The fourth-order valence-corrected chi connectivity index (χ4v) is 2.38. The Morgan fingerprint density at radius 1 is 1.44 bits per heavy atom. The molecule has 0 spiro atoms. The lowest BCUT2D eigenvalue weighted by molar-refractivity contribution is 0.691. The molecule has 2 N–H and O–H groups in total. The van der Waals surface area contributed by atoms with Crippen LogP contribution in [0.2, 0.25) is 0 Å². The minimum atomic E-state index is -0.0644. The molecule has 1 unspecified atom stereocenters. The number of nitrogens with two attached hydrogens (primary N) is 1. The molecular formula is C12H15N3S. The second-order valence-corrected chi connectivity index (χ2v) is 4.89. The summed E-state index contributed by atoms with van der Waals surface area (Å²) in [6, 6.07) is 3.94. The standard InChI is InChI=1S/C12H15N3S/c1-8-3-4-14-11(5-8)10(13)6-12-15-9(2)7-16-12/h3-5,7,10H,6,13H2,1-2H3. The Morgan fingerprint density at radius 2 is 2.25 bits per heavy atom. The summed E-state index contributed by atoms with van der Waals surface area (Å²) >= 11 is 1.66. The van der Waals surface area contributed by atoms with E-state index in [4.69, 9.17) is 5.73 Å². The average Bonchev–Trinajstić information content (AvgIpc) is 2.64. The highest BCUT2D eigenvalue weighted by Crippen LogP contribution is 2.17. The minimum Gasteiger partial charge on any atom is -0.322 e. The normalized spacial score (nSPS) is 12.7. The summed E-state index contributed by atoms with van der Waals surface area (Å²) in [5, 5.41) is 3.12. The van der Waals surface area contributed by atoms with Crippen molar-refractivity contribution in [3.8, 4) is 0 Å². The molecule has 2 aromatic rings. The molecule has 4 heteroatoms. The molecule has 0 fully saturated rings. The number of hydrogen-bond donors (Lipinski definition) is 1. The maximum atomic E-state index is 6.11. The summed E-state index contributed by atoms with van der Waals surface area (Å²) < 4.78 is 0. The van der Waals surface area contributed by atoms with Gasteiger partial charge in [0.05, 0.1) is 16.7 Å². The lowest BCUT2D eigenvalue weighted by Crippen LogP contribution is -2.14. The van der Waals surface area contributed by atoms with Gasteiger partial charge in [-0.15, -0.1) is 11.3 Å². The van der Waals surface area contributed by atoms with Gasteiger partial charge in [0.15, 0.2) is 0 Å². The predicted molar refractivity (Wildman–Crippen MR) is 66.5 cm³/mol. The SMILES string of the molecule is Cc1ccnc(C(N)Cc2nc(C)cs2)c1. The maximum Gasteiger partial charge on any atom is 0.0947 e. The van der Waals surface area contributed by atoms with Crippen molar-refractivity contribution in [1.82, 2.24) is 9.97 Å². The van der Waals surface area contributed by atoms with Crippen LogP contribution in [-0.2, 0) is 6.42 Å². The maximum absolute atomic E-state index is 6.11. The predicted octanol–water partition coefficient (Wildman–Crippen LogP) is 2.40. The van der Waals surface area contributed by atoms with Gasteiger partial charge < -0.3 is 5.73 Å². The van der Waals surface area contributed by atoms with Crippen LogP contribution in [0.1, 0.15) is 28.0 Å². The van der Waals surface area contributed by atoms with Gasteiger partial charge in [-0.05, 0) is 31.5 Å². The molecule has 3 nitrogen and oxygen atoms in total. The zero-order valence-corrected chi connectivity index (χ0v) is 10.3. The van der Waals surface area contributed by atoms with E-state index in [9.17, 15) is 0 Å². The number of hydrogen-bond acceptors (Lipinski definition) is 4. The van der Waals surface area contributed by atoms with Crippen molar-refractivity contribution in [1.29, 1.82) is 0 Å². The smallest absolute Gasteiger partial charge is 0.0947 e. The molecule has 1 atom stereocenters. The van der Waals surface area contributed by atoms with Crippen LogP contribution in [0.5, 0.6) is 0 Å². The molecule has 2 rings (SSSR count). The number of rotatable bonds is 3. The van der Waals surface area contributed by atoms with E-state index in [-0.39, 0.29) is 6.04 Å². The number of nitrogens with zero attached hydrogens (tertiary/aromatic N) is 2. The van der Waals surface area contributed by atoms with Crippen LogP contribution in [0.3, 0.4) is 0 Å². The Kier molecular flexibility index (Phi) is 3.31. The largest absolute Gasteiger partial charge is 0.322 e. The first kappa shape index (κ1) is 11.2. The van der Waals surface area contributed by atoms with Gasteiger partial charge in [-0.3, -0.25) is 4.98 Å². The van der Waals surface area contributed by atoms with Crippen molar-refractivity contribution < 1.29 is 0 Å². The number of aromatic nitrogens is 2. The molecular weight excluding hydrogens is 218 g/mol. The molecule has 2 aromatic heterocycles. The van der Waals surface area contributed by atoms with Crippen LogP contribution in [0, 0.1) is 13.8 Å². The van der Waals surface area contributed by atoms with Gasteiger partial charge in [0.2, 0.25) is 0 Å². The first-order valence-electron chi connectivity index (χ1n) is 5.24. The Morgan fingerprint density at radius 3 is 2.88 bits per heavy atom. The molecule has 0 aliphatic heterocycles. The topological polar surface area (TPSA) is 51.8 Å². The van der Waals surface area contributed by atoms with Gasteiger partial charge in [-0.25, -0.2) is 4.98 Å². The van der Waals surface area contributed by atoms with Gasteiger partial charge in [-0.2, -0.15) is 0 Å². The summed E-state index contributed by atoms with van der Waals surface area (Å²) in [6.07, 6.45) is 2.56. The quantitative estimate of drug-likeness (QED) is 0.885.